The number of nitrogens with two attached hydrogens (primary N) is 1. The summed E-state index contributed by atoms with van der Waals surface area (Å²) in [6, 6.07) is 9.79. The second kappa shape index (κ2) is 5.62. The van der Waals surface area contributed by atoms with Crippen molar-refractivity contribution in [1.29, 1.82) is 0 Å². The highest BCUT2D eigenvalue weighted by molar-refractivity contribution is 6.31. The molecular formula is C18H13ClN4O. The lowest BCUT2D eigenvalue weighted by molar-refractivity contribution is 0.100. The maximum Gasteiger partial charge on any atom is 0.250 e. The molecule has 0 saturated carbocycles. The molecule has 0 fully saturated rings. The molecule has 5 nitrogen and oxygen atoms in total. The van der Waals surface area contributed by atoms with Gasteiger partial charge in [-0.1, -0.05) is 17.7 Å². The van der Waals surface area contributed by atoms with Crippen molar-refractivity contribution in [2.75, 3.05) is 0 Å². The van der Waals surface area contributed by atoms with E-state index in [9.17, 15) is 4.79 Å². The van der Waals surface area contributed by atoms with Crippen molar-refractivity contribution in [3.05, 3.63) is 71.3 Å². The molecule has 0 spiro atoms. The molecule has 4 rings (SSSR count). The largest absolute Gasteiger partial charge is 0.366 e. The van der Waals surface area contributed by atoms with Crippen LogP contribution in [0.5, 0.6) is 0 Å². The van der Waals surface area contributed by atoms with Gasteiger partial charge in [0.15, 0.2) is 0 Å². The smallest absolute Gasteiger partial charge is 0.250 e. The average Bonchev–Trinajstić information content (AvgIpc) is 2.94. The number of halogens is 1. The number of primary amides is 1. The summed E-state index contributed by atoms with van der Waals surface area (Å²) < 4.78 is 2.00. The number of benzene rings is 1. The van der Waals surface area contributed by atoms with E-state index in [2.05, 4.69) is 9.97 Å². The predicted octanol–water partition coefficient (Wildman–Crippen LogP) is 3.39. The van der Waals surface area contributed by atoms with Crippen LogP contribution in [-0.4, -0.2) is 20.4 Å². The quantitative estimate of drug-likeness (QED) is 0.623. The van der Waals surface area contributed by atoms with Gasteiger partial charge < -0.3 is 10.3 Å². The summed E-state index contributed by atoms with van der Waals surface area (Å²) in [5, 5.41) is 2.34. The second-order valence-corrected chi connectivity index (χ2v) is 6.04. The third kappa shape index (κ3) is 2.49. The zero-order chi connectivity index (χ0) is 16.7. The Morgan fingerprint density at radius 1 is 1.21 bits per heavy atom. The lowest BCUT2D eigenvalue weighted by Crippen LogP contribution is -2.10. The molecule has 0 bridgehead atoms. The van der Waals surface area contributed by atoms with Crippen LogP contribution < -0.4 is 5.73 Å². The second-order valence-electron chi connectivity index (χ2n) is 5.61. The van der Waals surface area contributed by atoms with E-state index in [-0.39, 0.29) is 0 Å². The van der Waals surface area contributed by atoms with Gasteiger partial charge in [0.25, 0.3) is 5.91 Å². The summed E-state index contributed by atoms with van der Waals surface area (Å²) in [4.78, 5) is 20.0. The Hall–Kier alpha value is -2.92. The highest BCUT2D eigenvalue weighted by atomic mass is 35.5. The monoisotopic (exact) mass is 336 g/mol. The summed E-state index contributed by atoms with van der Waals surface area (Å²) in [5.74, 6) is -0.457. The van der Waals surface area contributed by atoms with Crippen LogP contribution in [0.4, 0.5) is 0 Å². The molecule has 0 aliphatic heterocycles. The number of carbonyl (C=O) groups is 1. The van der Waals surface area contributed by atoms with E-state index < -0.39 is 5.91 Å². The minimum atomic E-state index is -0.457. The average molecular weight is 337 g/mol. The molecule has 118 valence electrons. The fourth-order valence-electron chi connectivity index (χ4n) is 2.92. The molecule has 1 amide bonds. The van der Waals surface area contributed by atoms with Gasteiger partial charge in [-0.2, -0.15) is 0 Å². The Morgan fingerprint density at radius 3 is 2.92 bits per heavy atom. The number of nitrogens with zero attached hydrogens (tertiary/aromatic N) is 3. The summed E-state index contributed by atoms with van der Waals surface area (Å²) in [6.07, 6.45) is 6.77. The number of rotatable bonds is 3. The minimum absolute atomic E-state index is 0.457. The highest BCUT2D eigenvalue weighted by Gasteiger charge is 2.13. The van der Waals surface area contributed by atoms with Crippen LogP contribution in [0, 0.1) is 0 Å². The molecule has 0 atom stereocenters. The van der Waals surface area contributed by atoms with Crippen LogP contribution in [0.25, 0.3) is 21.8 Å². The Balaban J connectivity index is 1.80. The minimum Gasteiger partial charge on any atom is -0.366 e. The Bertz CT molecular complexity index is 1090. The van der Waals surface area contributed by atoms with Crippen molar-refractivity contribution in [2.24, 2.45) is 5.73 Å². The SMILES string of the molecule is NC(=O)c1cn(Cc2ccc3ncc(Cl)cc3c2)c2ccncc12. The summed E-state index contributed by atoms with van der Waals surface area (Å²) >= 11 is 6.02. The molecule has 0 unspecified atom stereocenters. The lowest BCUT2D eigenvalue weighted by atomic mass is 10.1. The van der Waals surface area contributed by atoms with E-state index in [4.69, 9.17) is 17.3 Å². The maximum absolute atomic E-state index is 11.7. The van der Waals surface area contributed by atoms with Gasteiger partial charge in [-0.3, -0.25) is 14.8 Å². The molecule has 0 radical (unpaired) electrons. The first-order chi connectivity index (χ1) is 11.6. The van der Waals surface area contributed by atoms with E-state index in [1.807, 2.05) is 34.9 Å². The first-order valence-corrected chi connectivity index (χ1v) is 7.76. The molecule has 1 aromatic carbocycles. The highest BCUT2D eigenvalue weighted by Crippen LogP contribution is 2.23. The zero-order valence-corrected chi connectivity index (χ0v) is 13.4. The van der Waals surface area contributed by atoms with E-state index in [1.165, 1.54) is 0 Å². The topological polar surface area (TPSA) is 73.8 Å². The molecule has 0 aliphatic rings. The van der Waals surface area contributed by atoms with E-state index >= 15 is 0 Å². The number of hydrogen-bond donors (Lipinski definition) is 1. The van der Waals surface area contributed by atoms with Crippen molar-refractivity contribution in [2.45, 2.75) is 6.54 Å². The number of carbonyl (C=O) groups excluding carboxylic acids is 1. The molecular weight excluding hydrogens is 324 g/mol. The van der Waals surface area contributed by atoms with Gasteiger partial charge >= 0.3 is 0 Å². The van der Waals surface area contributed by atoms with E-state index in [1.54, 1.807) is 24.8 Å². The number of hydrogen-bond acceptors (Lipinski definition) is 3. The Labute approximate surface area is 142 Å². The summed E-state index contributed by atoms with van der Waals surface area (Å²) in [7, 11) is 0. The van der Waals surface area contributed by atoms with Crippen molar-refractivity contribution in [1.82, 2.24) is 14.5 Å². The molecule has 0 aliphatic carbocycles. The first-order valence-electron chi connectivity index (χ1n) is 7.38. The normalized spacial score (nSPS) is 11.2. The number of fused-ring (bicyclic) bond motifs is 2. The fraction of sp³-hybridized carbons (Fsp3) is 0.0556. The standard InChI is InChI=1S/C18H13ClN4O/c19-13-6-12-5-11(1-2-16(12)22-7-13)9-23-10-15(18(20)24)14-8-21-4-3-17(14)23/h1-8,10H,9H2,(H2,20,24). The molecule has 24 heavy (non-hydrogen) atoms. The summed E-state index contributed by atoms with van der Waals surface area (Å²) in [6.45, 7) is 0.607. The maximum atomic E-state index is 11.7. The first kappa shape index (κ1) is 14.7. The van der Waals surface area contributed by atoms with Crippen molar-refractivity contribution >= 4 is 39.3 Å². The summed E-state index contributed by atoms with van der Waals surface area (Å²) in [5.41, 5.74) is 8.84. The molecule has 4 aromatic rings. The number of amides is 1. The third-order valence-corrected chi connectivity index (χ3v) is 4.22. The van der Waals surface area contributed by atoms with Crippen LogP contribution in [0.15, 0.2) is 55.1 Å². The van der Waals surface area contributed by atoms with Crippen molar-refractivity contribution in [3.63, 3.8) is 0 Å². The number of pyridine rings is 2. The van der Waals surface area contributed by atoms with Gasteiger partial charge in [0.2, 0.25) is 0 Å². The van der Waals surface area contributed by atoms with Crippen LogP contribution in [0.3, 0.4) is 0 Å². The molecule has 3 aromatic heterocycles. The molecule has 6 heteroatoms. The zero-order valence-electron chi connectivity index (χ0n) is 12.6. The Kier molecular flexibility index (Phi) is 3.43. The van der Waals surface area contributed by atoms with Crippen LogP contribution in [0.2, 0.25) is 5.02 Å². The van der Waals surface area contributed by atoms with Gasteiger partial charge in [-0.25, -0.2) is 0 Å². The predicted molar refractivity (Wildman–Crippen MR) is 94.1 cm³/mol. The van der Waals surface area contributed by atoms with Gasteiger partial charge in [-0.05, 0) is 29.8 Å². The molecule has 3 heterocycles. The number of aromatic nitrogens is 3. The Morgan fingerprint density at radius 2 is 2.08 bits per heavy atom. The van der Waals surface area contributed by atoms with E-state index in [0.717, 1.165) is 27.4 Å². The van der Waals surface area contributed by atoms with Gasteiger partial charge in [0, 0.05) is 42.1 Å². The van der Waals surface area contributed by atoms with Gasteiger partial charge in [-0.15, -0.1) is 0 Å². The van der Waals surface area contributed by atoms with Crippen LogP contribution in [0.1, 0.15) is 15.9 Å². The van der Waals surface area contributed by atoms with Gasteiger partial charge in [0.1, 0.15) is 0 Å². The van der Waals surface area contributed by atoms with Crippen molar-refractivity contribution in [3.8, 4) is 0 Å². The fourth-order valence-corrected chi connectivity index (χ4v) is 3.08. The molecule has 2 N–H and O–H groups in total. The lowest BCUT2D eigenvalue weighted by Gasteiger charge is -2.07. The van der Waals surface area contributed by atoms with Crippen molar-refractivity contribution < 1.29 is 4.79 Å². The van der Waals surface area contributed by atoms with Crippen LogP contribution >= 0.6 is 11.6 Å². The van der Waals surface area contributed by atoms with Gasteiger partial charge in [0.05, 0.1) is 21.6 Å². The van der Waals surface area contributed by atoms with Crippen LogP contribution in [-0.2, 0) is 6.54 Å². The third-order valence-electron chi connectivity index (χ3n) is 4.01. The molecule has 0 saturated heterocycles. The van der Waals surface area contributed by atoms with E-state index in [0.29, 0.717) is 17.1 Å².